The predicted octanol–water partition coefficient (Wildman–Crippen LogP) is 0.798. The van der Waals surface area contributed by atoms with Crippen molar-refractivity contribution < 1.29 is 0 Å². The quantitative estimate of drug-likeness (QED) is 0.692. The average molecular weight is 224 g/mol. The van der Waals surface area contributed by atoms with Crippen molar-refractivity contribution in [2.24, 2.45) is 4.99 Å². The number of hydrogen-bond acceptors (Lipinski definition) is 4. The van der Waals surface area contributed by atoms with Crippen LogP contribution in [0.5, 0.6) is 0 Å². The maximum Gasteiger partial charge on any atom is 0.194 e. The fraction of sp³-hybridized carbons (Fsp3) is 0.917. The van der Waals surface area contributed by atoms with Crippen molar-refractivity contribution in [2.75, 3.05) is 26.2 Å². The van der Waals surface area contributed by atoms with Gasteiger partial charge >= 0.3 is 0 Å². The summed E-state index contributed by atoms with van der Waals surface area (Å²) < 4.78 is 0. The third-order valence-electron chi connectivity index (χ3n) is 3.28. The number of nitrogens with zero attached hydrogens (tertiary/aromatic N) is 2. The van der Waals surface area contributed by atoms with Gasteiger partial charge in [-0.25, -0.2) is 0 Å². The van der Waals surface area contributed by atoms with E-state index in [0.717, 1.165) is 32.1 Å². The Bertz CT molecular complexity index is 261. The minimum atomic E-state index is 0.171. The van der Waals surface area contributed by atoms with E-state index in [1.807, 2.05) is 0 Å². The average Bonchev–Trinajstić information content (AvgIpc) is 2.67. The summed E-state index contributed by atoms with van der Waals surface area (Å²) in [5, 5.41) is 7.01. The van der Waals surface area contributed by atoms with Gasteiger partial charge in [0.05, 0.1) is 6.54 Å². The zero-order chi connectivity index (χ0) is 11.6. The predicted molar refractivity (Wildman–Crippen MR) is 67.8 cm³/mol. The second kappa shape index (κ2) is 4.62. The molecule has 4 nitrogen and oxygen atoms in total. The van der Waals surface area contributed by atoms with Gasteiger partial charge in [0.25, 0.3) is 0 Å². The zero-order valence-corrected chi connectivity index (χ0v) is 10.7. The van der Waals surface area contributed by atoms with E-state index in [-0.39, 0.29) is 5.54 Å². The molecule has 1 atom stereocenters. The molecule has 2 heterocycles. The lowest BCUT2D eigenvalue weighted by Gasteiger charge is -2.36. The first-order valence-electron chi connectivity index (χ1n) is 6.37. The Morgan fingerprint density at radius 1 is 1.44 bits per heavy atom. The monoisotopic (exact) mass is 224 g/mol. The fourth-order valence-electron chi connectivity index (χ4n) is 2.38. The molecule has 2 N–H and O–H groups in total. The van der Waals surface area contributed by atoms with E-state index in [1.165, 1.54) is 12.8 Å². The zero-order valence-electron chi connectivity index (χ0n) is 10.7. The maximum absolute atomic E-state index is 4.58. The van der Waals surface area contributed by atoms with Crippen molar-refractivity contribution in [3.63, 3.8) is 0 Å². The molecule has 2 aliphatic heterocycles. The van der Waals surface area contributed by atoms with Gasteiger partial charge in [0.2, 0.25) is 0 Å². The van der Waals surface area contributed by atoms with Crippen molar-refractivity contribution in [1.29, 1.82) is 0 Å². The standard InChI is InChI=1S/C12H24N4/c1-12(2,3)16-8-7-14-11(16)15-10-5-4-6-13-9-10/h10,13H,4-9H2,1-3H3,(H,14,15). The molecule has 0 amide bonds. The molecule has 1 saturated heterocycles. The number of piperidine rings is 1. The van der Waals surface area contributed by atoms with Crippen molar-refractivity contribution >= 4 is 5.96 Å². The summed E-state index contributed by atoms with van der Waals surface area (Å²) in [5.74, 6) is 1.10. The van der Waals surface area contributed by atoms with Crippen molar-refractivity contribution in [3.8, 4) is 0 Å². The Morgan fingerprint density at radius 2 is 2.25 bits per heavy atom. The highest BCUT2D eigenvalue weighted by molar-refractivity contribution is 5.82. The van der Waals surface area contributed by atoms with E-state index >= 15 is 0 Å². The van der Waals surface area contributed by atoms with Crippen LogP contribution in [-0.4, -0.2) is 48.6 Å². The molecule has 2 rings (SSSR count). The number of guanidine groups is 1. The molecule has 1 fully saturated rings. The molecule has 0 spiro atoms. The molecule has 4 heteroatoms. The molecule has 16 heavy (non-hydrogen) atoms. The third-order valence-corrected chi connectivity index (χ3v) is 3.28. The van der Waals surface area contributed by atoms with Gasteiger partial charge in [-0.15, -0.1) is 0 Å². The van der Waals surface area contributed by atoms with Gasteiger partial charge in [0, 0.05) is 24.7 Å². The lowest BCUT2D eigenvalue weighted by atomic mass is 10.1. The molecule has 2 aliphatic rings. The summed E-state index contributed by atoms with van der Waals surface area (Å²) in [4.78, 5) is 6.96. The number of aliphatic imine (C=N–C) groups is 1. The Hall–Kier alpha value is -0.770. The van der Waals surface area contributed by atoms with Crippen LogP contribution in [0.4, 0.5) is 0 Å². The lowest BCUT2D eigenvalue weighted by molar-refractivity contribution is 0.245. The number of hydrogen-bond donors (Lipinski definition) is 2. The van der Waals surface area contributed by atoms with Gasteiger partial charge in [0.1, 0.15) is 0 Å². The Morgan fingerprint density at radius 3 is 2.88 bits per heavy atom. The molecule has 0 saturated carbocycles. The Balaban J connectivity index is 1.93. The second-order valence-electron chi connectivity index (χ2n) is 5.72. The summed E-state index contributed by atoms with van der Waals surface area (Å²) >= 11 is 0. The Labute approximate surface area is 98.5 Å². The van der Waals surface area contributed by atoms with Gasteiger partial charge in [0.15, 0.2) is 5.96 Å². The van der Waals surface area contributed by atoms with E-state index in [4.69, 9.17) is 0 Å². The summed E-state index contributed by atoms with van der Waals surface area (Å²) in [7, 11) is 0. The van der Waals surface area contributed by atoms with Crippen LogP contribution >= 0.6 is 0 Å². The van der Waals surface area contributed by atoms with E-state index in [0.29, 0.717) is 6.04 Å². The summed E-state index contributed by atoms with van der Waals surface area (Å²) in [6.07, 6.45) is 2.52. The van der Waals surface area contributed by atoms with Crippen LogP contribution < -0.4 is 10.6 Å². The van der Waals surface area contributed by atoms with Crippen LogP contribution in [0.3, 0.4) is 0 Å². The van der Waals surface area contributed by atoms with Gasteiger partial charge < -0.3 is 15.5 Å². The summed E-state index contributed by atoms with van der Waals surface area (Å²) in [5.41, 5.74) is 0.171. The van der Waals surface area contributed by atoms with Gasteiger partial charge in [-0.2, -0.15) is 0 Å². The molecule has 0 aliphatic carbocycles. The fourth-order valence-corrected chi connectivity index (χ4v) is 2.38. The minimum Gasteiger partial charge on any atom is -0.352 e. The molecule has 0 aromatic heterocycles. The molecular formula is C12H24N4. The van der Waals surface area contributed by atoms with Crippen molar-refractivity contribution in [1.82, 2.24) is 15.5 Å². The van der Waals surface area contributed by atoms with Gasteiger partial charge in [-0.3, -0.25) is 4.99 Å². The van der Waals surface area contributed by atoms with Gasteiger partial charge in [-0.05, 0) is 40.2 Å². The first kappa shape index (κ1) is 11.7. The van der Waals surface area contributed by atoms with Crippen LogP contribution in [0.1, 0.15) is 33.6 Å². The van der Waals surface area contributed by atoms with E-state index in [9.17, 15) is 0 Å². The van der Waals surface area contributed by atoms with Gasteiger partial charge in [-0.1, -0.05) is 0 Å². The SMILES string of the molecule is CC(C)(C)N1CCN=C1NC1CCCNC1. The largest absolute Gasteiger partial charge is 0.352 e. The molecule has 1 unspecified atom stereocenters. The van der Waals surface area contributed by atoms with Crippen molar-refractivity contribution in [3.05, 3.63) is 0 Å². The van der Waals surface area contributed by atoms with E-state index in [2.05, 4.69) is 41.3 Å². The van der Waals surface area contributed by atoms with Crippen molar-refractivity contribution in [2.45, 2.75) is 45.2 Å². The first-order valence-corrected chi connectivity index (χ1v) is 6.37. The second-order valence-corrected chi connectivity index (χ2v) is 5.72. The summed E-state index contributed by atoms with van der Waals surface area (Å²) in [6.45, 7) is 10.9. The maximum atomic E-state index is 4.58. The van der Waals surface area contributed by atoms with Crippen LogP contribution in [-0.2, 0) is 0 Å². The van der Waals surface area contributed by atoms with E-state index in [1.54, 1.807) is 0 Å². The smallest absolute Gasteiger partial charge is 0.194 e. The van der Waals surface area contributed by atoms with Crippen LogP contribution in [0.15, 0.2) is 4.99 Å². The van der Waals surface area contributed by atoms with Crippen LogP contribution in [0.2, 0.25) is 0 Å². The third kappa shape index (κ3) is 2.67. The normalized spacial score (nSPS) is 26.8. The number of nitrogens with one attached hydrogen (secondary N) is 2. The van der Waals surface area contributed by atoms with Crippen LogP contribution in [0, 0.1) is 0 Å². The lowest BCUT2D eigenvalue weighted by Crippen LogP contribution is -2.54. The van der Waals surface area contributed by atoms with E-state index < -0.39 is 0 Å². The van der Waals surface area contributed by atoms with Crippen LogP contribution in [0.25, 0.3) is 0 Å². The molecular weight excluding hydrogens is 200 g/mol. The Kier molecular flexibility index (Phi) is 3.38. The molecule has 92 valence electrons. The summed E-state index contributed by atoms with van der Waals surface area (Å²) in [6, 6.07) is 0.551. The highest BCUT2D eigenvalue weighted by Crippen LogP contribution is 2.17. The first-order chi connectivity index (χ1) is 7.57. The number of rotatable bonds is 1. The minimum absolute atomic E-state index is 0.171. The molecule has 0 bridgehead atoms. The molecule has 0 aromatic carbocycles. The topological polar surface area (TPSA) is 39.7 Å². The molecule has 0 radical (unpaired) electrons. The highest BCUT2D eigenvalue weighted by atomic mass is 15.4. The highest BCUT2D eigenvalue weighted by Gasteiger charge is 2.29. The molecule has 0 aromatic rings.